The van der Waals surface area contributed by atoms with E-state index < -0.39 is 0 Å². The molecule has 0 aromatic rings. The third kappa shape index (κ3) is 2.21. The lowest BCUT2D eigenvalue weighted by Crippen LogP contribution is -2.23. The minimum Gasteiger partial charge on any atom is -0.364 e. The van der Waals surface area contributed by atoms with Crippen LogP contribution >= 0.6 is 11.8 Å². The van der Waals surface area contributed by atoms with Gasteiger partial charge in [0.05, 0.1) is 6.10 Å². The Hall–Kier alpha value is 0.310. The van der Waals surface area contributed by atoms with Gasteiger partial charge in [-0.2, -0.15) is 0 Å². The first kappa shape index (κ1) is 11.4. The van der Waals surface area contributed by atoms with Crippen molar-refractivity contribution in [3.05, 3.63) is 0 Å². The topological polar surface area (TPSA) is 9.23 Å². The first-order valence-corrected chi connectivity index (χ1v) is 6.58. The summed E-state index contributed by atoms with van der Waals surface area (Å²) in [5.41, 5.74) is 0.425. The van der Waals surface area contributed by atoms with Crippen molar-refractivity contribution in [2.75, 3.05) is 6.26 Å². The molecule has 5 atom stereocenters. The zero-order chi connectivity index (χ0) is 10.0. The molecule has 1 saturated heterocycles. The molecule has 1 fully saturated rings. The highest BCUT2D eigenvalue weighted by atomic mass is 32.2. The Bertz CT molecular complexity index is 160. The van der Waals surface area contributed by atoms with Gasteiger partial charge in [-0.05, 0) is 24.0 Å². The van der Waals surface area contributed by atoms with Crippen molar-refractivity contribution in [3.63, 3.8) is 0 Å². The lowest BCUT2D eigenvalue weighted by atomic mass is 9.86. The van der Waals surface area contributed by atoms with E-state index in [2.05, 4.69) is 34.0 Å². The van der Waals surface area contributed by atoms with Crippen LogP contribution in [0, 0.1) is 17.8 Å². The van der Waals surface area contributed by atoms with E-state index >= 15 is 0 Å². The van der Waals surface area contributed by atoms with Crippen molar-refractivity contribution in [2.24, 2.45) is 17.8 Å². The maximum absolute atomic E-state index is 6.05. The summed E-state index contributed by atoms with van der Waals surface area (Å²) in [4.78, 5) is 0. The standard InChI is InChI=1S/C11H22OS/c1-6-7(2)10-8(3)9(4)11(12-10)13-5/h7-11H,6H2,1-5H3. The molecule has 78 valence electrons. The molecule has 1 aliphatic rings. The molecule has 0 bridgehead atoms. The molecule has 13 heavy (non-hydrogen) atoms. The van der Waals surface area contributed by atoms with Crippen molar-refractivity contribution in [2.45, 2.75) is 45.7 Å². The smallest absolute Gasteiger partial charge is 0.106 e. The second-order valence-electron chi connectivity index (χ2n) is 4.31. The van der Waals surface area contributed by atoms with Gasteiger partial charge >= 0.3 is 0 Å². The normalized spacial score (nSPS) is 42.2. The van der Waals surface area contributed by atoms with Gasteiger partial charge in [0.2, 0.25) is 0 Å². The van der Waals surface area contributed by atoms with Gasteiger partial charge in [-0.25, -0.2) is 0 Å². The minimum atomic E-state index is 0.425. The lowest BCUT2D eigenvalue weighted by Gasteiger charge is -2.21. The van der Waals surface area contributed by atoms with Gasteiger partial charge in [-0.15, -0.1) is 11.8 Å². The van der Waals surface area contributed by atoms with Crippen molar-refractivity contribution in [1.82, 2.24) is 0 Å². The molecule has 2 heteroatoms. The van der Waals surface area contributed by atoms with Gasteiger partial charge in [-0.3, -0.25) is 0 Å². The fourth-order valence-corrected chi connectivity index (χ4v) is 3.02. The molecule has 0 aromatic heterocycles. The molecular weight excluding hydrogens is 180 g/mol. The van der Waals surface area contributed by atoms with Gasteiger partial charge in [0.25, 0.3) is 0 Å². The summed E-state index contributed by atoms with van der Waals surface area (Å²) in [6.07, 6.45) is 3.85. The number of ether oxygens (including phenoxy) is 1. The number of thioether (sulfide) groups is 1. The van der Waals surface area contributed by atoms with E-state index in [1.165, 1.54) is 6.42 Å². The predicted octanol–water partition coefficient (Wildman–Crippen LogP) is 3.39. The van der Waals surface area contributed by atoms with E-state index in [0.717, 1.165) is 0 Å². The van der Waals surface area contributed by atoms with Crippen molar-refractivity contribution >= 4 is 11.8 Å². The Morgan fingerprint density at radius 2 is 1.92 bits per heavy atom. The Kier molecular flexibility index (Phi) is 4.11. The second kappa shape index (κ2) is 4.70. The lowest BCUT2D eigenvalue weighted by molar-refractivity contribution is 0.0366. The molecule has 1 heterocycles. The van der Waals surface area contributed by atoms with E-state index in [-0.39, 0.29) is 0 Å². The van der Waals surface area contributed by atoms with Crippen molar-refractivity contribution in [3.8, 4) is 0 Å². The molecule has 0 radical (unpaired) electrons. The van der Waals surface area contributed by atoms with Gasteiger partial charge in [0, 0.05) is 0 Å². The molecule has 0 amide bonds. The van der Waals surface area contributed by atoms with Gasteiger partial charge < -0.3 is 4.74 Å². The molecule has 1 rings (SSSR count). The quantitative estimate of drug-likeness (QED) is 0.694. The van der Waals surface area contributed by atoms with Crippen LogP contribution < -0.4 is 0 Å². The molecule has 0 aliphatic carbocycles. The Labute approximate surface area is 86.6 Å². The summed E-state index contributed by atoms with van der Waals surface area (Å²) in [6.45, 7) is 9.19. The molecule has 0 spiro atoms. The molecule has 5 unspecified atom stereocenters. The van der Waals surface area contributed by atoms with Crippen LogP contribution in [0.2, 0.25) is 0 Å². The third-order valence-electron chi connectivity index (χ3n) is 3.51. The van der Waals surface area contributed by atoms with Crippen LogP contribution in [0.1, 0.15) is 34.1 Å². The molecule has 0 saturated carbocycles. The zero-order valence-electron chi connectivity index (χ0n) is 9.41. The average molecular weight is 202 g/mol. The molecule has 0 N–H and O–H groups in total. The van der Waals surface area contributed by atoms with E-state index in [4.69, 9.17) is 4.74 Å². The highest BCUT2D eigenvalue weighted by molar-refractivity contribution is 7.99. The summed E-state index contributed by atoms with van der Waals surface area (Å²) in [5, 5.41) is 0. The average Bonchev–Trinajstić information content (AvgIpc) is 2.43. The van der Waals surface area contributed by atoms with Crippen molar-refractivity contribution < 1.29 is 4.74 Å². The first-order chi connectivity index (χ1) is 6.11. The Morgan fingerprint density at radius 1 is 1.31 bits per heavy atom. The van der Waals surface area contributed by atoms with E-state index in [0.29, 0.717) is 29.3 Å². The second-order valence-corrected chi connectivity index (χ2v) is 5.24. The fourth-order valence-electron chi connectivity index (χ4n) is 2.10. The van der Waals surface area contributed by atoms with Crippen LogP contribution in [0.3, 0.4) is 0 Å². The zero-order valence-corrected chi connectivity index (χ0v) is 10.2. The number of hydrogen-bond acceptors (Lipinski definition) is 2. The van der Waals surface area contributed by atoms with E-state index in [9.17, 15) is 0 Å². The van der Waals surface area contributed by atoms with Gasteiger partial charge in [0.1, 0.15) is 5.44 Å². The SMILES string of the molecule is CCC(C)C1OC(SC)C(C)C1C. The largest absolute Gasteiger partial charge is 0.364 e. The Balaban J connectivity index is 2.60. The van der Waals surface area contributed by atoms with Crippen LogP contribution in [0.5, 0.6) is 0 Å². The summed E-state index contributed by atoms with van der Waals surface area (Å²) in [7, 11) is 0. The maximum atomic E-state index is 6.05. The summed E-state index contributed by atoms with van der Waals surface area (Å²) >= 11 is 1.85. The molecule has 1 aliphatic heterocycles. The monoisotopic (exact) mass is 202 g/mol. The molecular formula is C11H22OS. The fraction of sp³-hybridized carbons (Fsp3) is 1.00. The highest BCUT2D eigenvalue weighted by Crippen LogP contribution is 2.40. The van der Waals surface area contributed by atoms with Crippen LogP contribution in [0.15, 0.2) is 0 Å². The highest BCUT2D eigenvalue weighted by Gasteiger charge is 2.40. The third-order valence-corrected chi connectivity index (χ3v) is 4.51. The summed E-state index contributed by atoms with van der Waals surface area (Å²) in [6, 6.07) is 0. The maximum Gasteiger partial charge on any atom is 0.106 e. The van der Waals surface area contributed by atoms with Crippen LogP contribution in [0.25, 0.3) is 0 Å². The van der Waals surface area contributed by atoms with Crippen molar-refractivity contribution in [1.29, 1.82) is 0 Å². The predicted molar refractivity (Wildman–Crippen MR) is 60.0 cm³/mol. The van der Waals surface area contributed by atoms with E-state index in [1.54, 1.807) is 0 Å². The van der Waals surface area contributed by atoms with Crippen LogP contribution in [-0.2, 0) is 4.74 Å². The Morgan fingerprint density at radius 3 is 2.31 bits per heavy atom. The first-order valence-electron chi connectivity index (χ1n) is 5.30. The summed E-state index contributed by atoms with van der Waals surface area (Å²) in [5.74, 6) is 2.12. The number of rotatable bonds is 3. The van der Waals surface area contributed by atoms with Crippen LogP contribution in [-0.4, -0.2) is 17.8 Å². The minimum absolute atomic E-state index is 0.425. The molecule has 0 aromatic carbocycles. The number of hydrogen-bond donors (Lipinski definition) is 0. The molecule has 1 nitrogen and oxygen atoms in total. The van der Waals surface area contributed by atoms with E-state index in [1.807, 2.05) is 11.8 Å². The van der Waals surface area contributed by atoms with Gasteiger partial charge in [0.15, 0.2) is 0 Å². The van der Waals surface area contributed by atoms with Gasteiger partial charge in [-0.1, -0.05) is 34.1 Å². The van der Waals surface area contributed by atoms with Crippen LogP contribution in [0.4, 0.5) is 0 Å². The summed E-state index contributed by atoms with van der Waals surface area (Å²) < 4.78 is 6.05.